The van der Waals surface area contributed by atoms with Crippen molar-refractivity contribution in [3.8, 4) is 0 Å². The fraction of sp³-hybridized carbons (Fsp3) is 0.447. The molecule has 0 aromatic heterocycles. The quantitative estimate of drug-likeness (QED) is 0.151. The average molecular weight is 645 g/mol. The van der Waals surface area contributed by atoms with Gasteiger partial charge in [0.2, 0.25) is 5.91 Å². The van der Waals surface area contributed by atoms with Crippen LogP contribution in [0, 0.1) is 17.8 Å². The molecule has 248 valence electrons. The van der Waals surface area contributed by atoms with Gasteiger partial charge in [-0.2, -0.15) is 0 Å². The van der Waals surface area contributed by atoms with Gasteiger partial charge in [-0.05, 0) is 57.1 Å². The molecule has 0 saturated carbocycles. The minimum Gasteiger partial charge on any atom is -0.458 e. The molecule has 8 heteroatoms. The third-order valence-corrected chi connectivity index (χ3v) is 12.7. The lowest BCUT2D eigenvalue weighted by Gasteiger charge is -2.37. The van der Waals surface area contributed by atoms with Crippen molar-refractivity contribution in [2.75, 3.05) is 6.17 Å². The molecule has 3 rings (SSSR count). The average Bonchev–Trinajstić information content (AvgIpc) is 3.01. The second-order valence-electron chi connectivity index (χ2n) is 14.0. The van der Waals surface area contributed by atoms with Gasteiger partial charge in [0.05, 0.1) is 0 Å². The van der Waals surface area contributed by atoms with Crippen molar-refractivity contribution in [2.45, 2.75) is 85.6 Å². The highest BCUT2D eigenvalue weighted by atomic mass is 28.3. The molecule has 2 N–H and O–H groups in total. The maximum atomic E-state index is 14.3. The monoisotopic (exact) mass is 644 g/mol. The lowest BCUT2D eigenvalue weighted by Crippen LogP contribution is -2.66. The molecule has 0 unspecified atom stereocenters. The summed E-state index contributed by atoms with van der Waals surface area (Å²) in [5.74, 6) is -0.598. The van der Waals surface area contributed by atoms with Gasteiger partial charge in [0.15, 0.2) is 0 Å². The number of amides is 2. The highest BCUT2D eigenvalue weighted by molar-refractivity contribution is 7.02. The van der Waals surface area contributed by atoms with Gasteiger partial charge in [0.25, 0.3) is 0 Å². The van der Waals surface area contributed by atoms with Crippen LogP contribution in [0.25, 0.3) is 0 Å². The zero-order chi connectivity index (χ0) is 33.7. The van der Waals surface area contributed by atoms with Crippen LogP contribution >= 0.6 is 0 Å². The molecule has 7 nitrogen and oxygen atoms in total. The molecule has 2 atom stereocenters. The molecule has 0 heterocycles. The summed E-state index contributed by atoms with van der Waals surface area (Å²) in [4.78, 5) is 40.6. The van der Waals surface area contributed by atoms with Crippen molar-refractivity contribution in [2.24, 2.45) is 17.8 Å². The number of carbonyl (C=O) groups excluding carboxylic acids is 3. The molecule has 0 bridgehead atoms. The van der Waals surface area contributed by atoms with E-state index < -0.39 is 37.7 Å². The SMILES string of the molecule is CC(C)C[C@H](C[Si](CNC(=O)OCc1ccccc1)(c1ccccc1)c1ccccc1)C(=O)N[C@@H](CC(C)C)C(=O)OC(C)(C)C. The first-order valence-electron chi connectivity index (χ1n) is 16.4. The van der Waals surface area contributed by atoms with Crippen LogP contribution in [0.2, 0.25) is 6.04 Å². The van der Waals surface area contributed by atoms with Gasteiger partial charge in [-0.15, -0.1) is 0 Å². The van der Waals surface area contributed by atoms with Gasteiger partial charge >= 0.3 is 12.1 Å². The molecule has 0 saturated heterocycles. The maximum absolute atomic E-state index is 14.3. The van der Waals surface area contributed by atoms with Crippen molar-refractivity contribution in [3.05, 3.63) is 96.6 Å². The molecule has 2 amide bonds. The predicted octanol–water partition coefficient (Wildman–Crippen LogP) is 6.25. The van der Waals surface area contributed by atoms with Gasteiger partial charge in [0.1, 0.15) is 26.3 Å². The van der Waals surface area contributed by atoms with E-state index in [4.69, 9.17) is 9.47 Å². The van der Waals surface area contributed by atoms with E-state index >= 15 is 0 Å². The second-order valence-corrected chi connectivity index (χ2v) is 18.1. The standard InChI is InChI=1S/C38H52N2O5Si/c1-28(2)23-31(35(41)40-34(24-29(3)4)36(42)45-38(5,6)7)26-46(32-19-13-9-14-20-32,33-21-15-10-16-22-33)27-39-37(43)44-25-30-17-11-8-12-18-30/h8-22,28-29,31,34H,23-27H2,1-7H3,(H,39,43)(H,40,41)/t31-,34+/m1/s1. The van der Waals surface area contributed by atoms with E-state index in [0.29, 0.717) is 25.1 Å². The molecule has 0 aliphatic rings. The van der Waals surface area contributed by atoms with Crippen LogP contribution in [0.3, 0.4) is 0 Å². The van der Waals surface area contributed by atoms with E-state index in [2.05, 4.69) is 48.7 Å². The van der Waals surface area contributed by atoms with Crippen LogP contribution in [-0.2, 0) is 25.7 Å². The first-order valence-corrected chi connectivity index (χ1v) is 18.8. The summed E-state index contributed by atoms with van der Waals surface area (Å²) in [5.41, 5.74) is 0.236. The Morgan fingerprint density at radius 3 is 1.72 bits per heavy atom. The Kier molecular flexibility index (Phi) is 13.6. The maximum Gasteiger partial charge on any atom is 0.407 e. The van der Waals surface area contributed by atoms with E-state index in [-0.39, 0.29) is 24.3 Å². The zero-order valence-corrected chi connectivity index (χ0v) is 29.5. The first-order chi connectivity index (χ1) is 21.8. The number of hydrogen-bond donors (Lipinski definition) is 2. The van der Waals surface area contributed by atoms with Crippen molar-refractivity contribution in [1.29, 1.82) is 0 Å². The highest BCUT2D eigenvalue weighted by Crippen LogP contribution is 2.25. The highest BCUT2D eigenvalue weighted by Gasteiger charge is 2.42. The predicted molar refractivity (Wildman–Crippen MR) is 188 cm³/mol. The Labute approximate surface area is 276 Å². The van der Waals surface area contributed by atoms with Crippen molar-refractivity contribution in [3.63, 3.8) is 0 Å². The summed E-state index contributed by atoms with van der Waals surface area (Å²) >= 11 is 0. The summed E-state index contributed by atoms with van der Waals surface area (Å²) in [6.07, 6.45) is 0.947. The van der Waals surface area contributed by atoms with Crippen LogP contribution in [-0.4, -0.2) is 43.9 Å². The molecule has 46 heavy (non-hydrogen) atoms. The number of rotatable bonds is 15. The Bertz CT molecular complexity index is 1330. The first kappa shape index (κ1) is 36.6. The van der Waals surface area contributed by atoms with Crippen LogP contribution in [0.5, 0.6) is 0 Å². The minimum absolute atomic E-state index is 0.165. The smallest absolute Gasteiger partial charge is 0.407 e. The van der Waals surface area contributed by atoms with Crippen molar-refractivity contribution < 1.29 is 23.9 Å². The molecule has 0 fully saturated rings. The number of benzene rings is 3. The molecule has 0 spiro atoms. The molecule has 3 aromatic carbocycles. The number of alkyl carbamates (subject to hydrolysis) is 1. The van der Waals surface area contributed by atoms with Gasteiger partial charge in [-0.25, -0.2) is 9.59 Å². The van der Waals surface area contributed by atoms with E-state index in [9.17, 15) is 14.4 Å². The Morgan fingerprint density at radius 1 is 0.739 bits per heavy atom. The summed E-state index contributed by atoms with van der Waals surface area (Å²) in [6.45, 7) is 13.9. The Hall–Kier alpha value is -3.91. The second kappa shape index (κ2) is 17.1. The van der Waals surface area contributed by atoms with Crippen molar-refractivity contribution >= 4 is 36.4 Å². The van der Waals surface area contributed by atoms with E-state index in [1.807, 2.05) is 101 Å². The van der Waals surface area contributed by atoms with Crippen LogP contribution < -0.4 is 21.0 Å². The van der Waals surface area contributed by atoms with Crippen LogP contribution in [0.15, 0.2) is 91.0 Å². The molecule has 0 aliphatic heterocycles. The van der Waals surface area contributed by atoms with E-state index in [0.717, 1.165) is 15.9 Å². The van der Waals surface area contributed by atoms with E-state index in [1.54, 1.807) is 0 Å². The fourth-order valence-electron chi connectivity index (χ4n) is 5.81. The van der Waals surface area contributed by atoms with E-state index in [1.165, 1.54) is 0 Å². The largest absolute Gasteiger partial charge is 0.458 e. The summed E-state index contributed by atoms with van der Waals surface area (Å²) in [5, 5.41) is 8.41. The Morgan fingerprint density at radius 2 is 1.24 bits per heavy atom. The number of esters is 1. The topological polar surface area (TPSA) is 93.7 Å². The molecular formula is C38H52N2O5Si. The molecular weight excluding hydrogens is 593 g/mol. The minimum atomic E-state index is -2.85. The number of ether oxygens (including phenoxy) is 2. The van der Waals surface area contributed by atoms with Gasteiger partial charge < -0.3 is 20.1 Å². The summed E-state index contributed by atoms with van der Waals surface area (Å²) in [6, 6.07) is 29.7. The van der Waals surface area contributed by atoms with Gasteiger partial charge in [-0.3, -0.25) is 4.79 Å². The van der Waals surface area contributed by atoms with Crippen molar-refractivity contribution in [1.82, 2.24) is 10.6 Å². The number of nitrogens with one attached hydrogen (secondary N) is 2. The van der Waals surface area contributed by atoms with Crippen LogP contribution in [0.1, 0.15) is 66.9 Å². The lowest BCUT2D eigenvalue weighted by molar-refractivity contribution is -0.159. The summed E-state index contributed by atoms with van der Waals surface area (Å²) < 4.78 is 11.3. The third-order valence-electron chi connectivity index (χ3n) is 7.84. The Balaban J connectivity index is 1.99. The summed E-state index contributed by atoms with van der Waals surface area (Å²) in [7, 11) is -2.85. The zero-order valence-electron chi connectivity index (χ0n) is 28.5. The molecule has 0 aliphatic carbocycles. The van der Waals surface area contributed by atoms with Gasteiger partial charge in [-0.1, -0.05) is 129 Å². The number of carbonyl (C=O) groups is 3. The molecule has 0 radical (unpaired) electrons. The normalized spacial score (nSPS) is 13.2. The van der Waals surface area contributed by atoms with Crippen LogP contribution in [0.4, 0.5) is 4.79 Å². The fourth-order valence-corrected chi connectivity index (χ4v) is 10.5. The van der Waals surface area contributed by atoms with Gasteiger partial charge in [0, 0.05) is 12.1 Å². The molecule has 3 aromatic rings. The number of hydrogen-bond acceptors (Lipinski definition) is 5. The third kappa shape index (κ3) is 11.5. The lowest BCUT2D eigenvalue weighted by atomic mass is 9.96.